The molecule has 5 nitrogen and oxygen atoms in total. The monoisotopic (exact) mass is 369 g/mol. The van der Waals surface area contributed by atoms with Crippen LogP contribution in [-0.2, 0) is 10.3 Å². The second-order valence-corrected chi connectivity index (χ2v) is 7.70. The molecule has 1 atom stereocenters. The van der Waals surface area contributed by atoms with Gasteiger partial charge in [-0.15, -0.1) is 0 Å². The van der Waals surface area contributed by atoms with Crippen molar-refractivity contribution in [3.05, 3.63) is 33.8 Å². The maximum atomic E-state index is 12.9. The van der Waals surface area contributed by atoms with Gasteiger partial charge >= 0.3 is 6.03 Å². The highest BCUT2D eigenvalue weighted by molar-refractivity contribution is 6.35. The highest BCUT2D eigenvalue weighted by Crippen LogP contribution is 2.35. The molecular weight excluding hydrogens is 349 g/mol. The molecule has 2 aliphatic heterocycles. The first-order valence-corrected chi connectivity index (χ1v) is 8.89. The second kappa shape index (κ2) is 6.54. The largest absolute Gasteiger partial charge is 0.326 e. The third-order valence-electron chi connectivity index (χ3n) is 4.96. The Labute approximate surface area is 151 Å². The van der Waals surface area contributed by atoms with Gasteiger partial charge in [0, 0.05) is 28.7 Å². The predicted molar refractivity (Wildman–Crippen MR) is 94.0 cm³/mol. The third kappa shape index (κ3) is 3.13. The van der Waals surface area contributed by atoms with Crippen molar-refractivity contribution in [3.63, 3.8) is 0 Å². The Kier molecular flexibility index (Phi) is 4.78. The fourth-order valence-electron chi connectivity index (χ4n) is 3.31. The van der Waals surface area contributed by atoms with E-state index >= 15 is 0 Å². The molecule has 0 spiro atoms. The van der Waals surface area contributed by atoms with Crippen LogP contribution in [0.15, 0.2) is 18.2 Å². The number of hydrogen-bond donors (Lipinski definition) is 1. The van der Waals surface area contributed by atoms with Gasteiger partial charge in [-0.25, -0.2) is 9.69 Å². The zero-order valence-electron chi connectivity index (χ0n) is 13.8. The smallest absolute Gasteiger partial charge is 0.319 e. The molecule has 24 heavy (non-hydrogen) atoms. The van der Waals surface area contributed by atoms with Crippen LogP contribution in [0.3, 0.4) is 0 Å². The van der Waals surface area contributed by atoms with Crippen molar-refractivity contribution >= 4 is 35.1 Å². The summed E-state index contributed by atoms with van der Waals surface area (Å²) in [6.45, 7) is 6.02. The summed E-state index contributed by atoms with van der Waals surface area (Å²) in [7, 11) is 0. The molecule has 3 amide bonds. The predicted octanol–water partition coefficient (Wildman–Crippen LogP) is 3.45. The minimum Gasteiger partial charge on any atom is -0.319 e. The maximum absolute atomic E-state index is 12.9. The summed E-state index contributed by atoms with van der Waals surface area (Å²) >= 11 is 12.2. The van der Waals surface area contributed by atoms with Gasteiger partial charge in [-0.05, 0) is 37.8 Å². The molecule has 2 saturated heterocycles. The average molecular weight is 370 g/mol. The van der Waals surface area contributed by atoms with E-state index in [4.69, 9.17) is 23.2 Å². The number of carbonyl (C=O) groups excluding carboxylic acids is 2. The van der Waals surface area contributed by atoms with E-state index in [0.717, 1.165) is 25.9 Å². The quantitative estimate of drug-likeness (QED) is 0.830. The summed E-state index contributed by atoms with van der Waals surface area (Å²) in [5.74, 6) is 0.415. The number of carbonyl (C=O) groups is 2. The topological polar surface area (TPSA) is 52.6 Å². The van der Waals surface area contributed by atoms with Gasteiger partial charge in [-0.1, -0.05) is 36.2 Å². The maximum Gasteiger partial charge on any atom is 0.326 e. The number of nitrogens with one attached hydrogen (secondary N) is 1. The molecule has 0 aromatic heterocycles. The molecule has 1 aromatic rings. The molecule has 0 unspecified atom stereocenters. The molecule has 2 fully saturated rings. The van der Waals surface area contributed by atoms with E-state index in [0.29, 0.717) is 28.2 Å². The number of imide groups is 1. The number of hydrogen-bond acceptors (Lipinski definition) is 3. The normalized spacial score (nSPS) is 26.1. The van der Waals surface area contributed by atoms with Crippen molar-refractivity contribution in [2.75, 3.05) is 19.8 Å². The summed E-state index contributed by atoms with van der Waals surface area (Å²) in [4.78, 5) is 28.7. The lowest BCUT2D eigenvalue weighted by Gasteiger charge is -2.32. The fourth-order valence-corrected chi connectivity index (χ4v) is 3.90. The van der Waals surface area contributed by atoms with Gasteiger partial charge in [0.25, 0.3) is 5.91 Å². The lowest BCUT2D eigenvalue weighted by Crippen LogP contribution is -2.46. The van der Waals surface area contributed by atoms with Crippen LogP contribution >= 0.6 is 23.2 Å². The van der Waals surface area contributed by atoms with Crippen molar-refractivity contribution in [3.8, 4) is 0 Å². The van der Waals surface area contributed by atoms with Crippen LogP contribution in [0.2, 0.25) is 10.0 Å². The van der Waals surface area contributed by atoms with Gasteiger partial charge < -0.3 is 5.32 Å². The van der Waals surface area contributed by atoms with Crippen molar-refractivity contribution in [1.82, 2.24) is 15.1 Å². The average Bonchev–Trinajstić information content (AvgIpc) is 2.73. The fraction of sp³-hybridized carbons (Fsp3) is 0.529. The number of halogens is 2. The number of benzene rings is 1. The first kappa shape index (κ1) is 17.5. The van der Waals surface area contributed by atoms with Crippen LogP contribution in [0.4, 0.5) is 4.79 Å². The van der Waals surface area contributed by atoms with Gasteiger partial charge in [-0.3, -0.25) is 9.69 Å². The molecule has 3 rings (SSSR count). The van der Waals surface area contributed by atoms with Gasteiger partial charge in [0.05, 0.1) is 6.67 Å². The number of likely N-dealkylation sites (tertiary alicyclic amines) is 1. The van der Waals surface area contributed by atoms with E-state index in [1.807, 2.05) is 0 Å². The standard InChI is InChI=1S/C17H21Cl2N3O2/c1-11-5-7-21(8-6-11)10-22-15(23)17(2,20-16(22)24)13-4-3-12(18)9-14(13)19/h3-4,9,11H,5-8,10H2,1-2H3,(H,20,24)/t17-/m0/s1. The zero-order chi connectivity index (χ0) is 17.5. The Hall–Kier alpha value is -1.30. The van der Waals surface area contributed by atoms with Crippen LogP contribution in [0, 0.1) is 5.92 Å². The van der Waals surface area contributed by atoms with Crippen LogP contribution < -0.4 is 5.32 Å². The molecule has 0 saturated carbocycles. The van der Waals surface area contributed by atoms with Gasteiger partial charge in [0.15, 0.2) is 0 Å². The second-order valence-electron chi connectivity index (χ2n) is 6.85. The van der Waals surface area contributed by atoms with Gasteiger partial charge in [0.2, 0.25) is 0 Å². The summed E-state index contributed by atoms with van der Waals surface area (Å²) in [6, 6.07) is 4.56. The van der Waals surface area contributed by atoms with E-state index in [1.54, 1.807) is 25.1 Å². The molecule has 1 N–H and O–H groups in total. The Morgan fingerprint density at radius 2 is 1.92 bits per heavy atom. The summed E-state index contributed by atoms with van der Waals surface area (Å²) in [5.41, 5.74) is -0.608. The number of rotatable bonds is 3. The Morgan fingerprint density at radius 1 is 1.25 bits per heavy atom. The van der Waals surface area contributed by atoms with Crippen LogP contribution in [0.25, 0.3) is 0 Å². The minimum absolute atomic E-state index is 0.282. The zero-order valence-corrected chi connectivity index (χ0v) is 15.3. The van der Waals surface area contributed by atoms with Crippen molar-refractivity contribution in [1.29, 1.82) is 0 Å². The summed E-state index contributed by atoms with van der Waals surface area (Å²) in [6.07, 6.45) is 2.17. The summed E-state index contributed by atoms with van der Waals surface area (Å²) in [5, 5.41) is 3.65. The Bertz CT molecular complexity index is 674. The van der Waals surface area contributed by atoms with E-state index in [9.17, 15) is 9.59 Å². The highest BCUT2D eigenvalue weighted by atomic mass is 35.5. The van der Waals surface area contributed by atoms with Crippen molar-refractivity contribution < 1.29 is 9.59 Å². The SMILES string of the molecule is CC1CCN(CN2C(=O)N[C@@](C)(c3ccc(Cl)cc3Cl)C2=O)CC1. The molecule has 2 aliphatic rings. The molecule has 0 bridgehead atoms. The molecule has 1 aromatic carbocycles. The highest BCUT2D eigenvalue weighted by Gasteiger charge is 2.50. The van der Waals surface area contributed by atoms with Gasteiger partial charge in [-0.2, -0.15) is 0 Å². The number of nitrogens with zero attached hydrogens (tertiary/aromatic N) is 2. The first-order valence-electron chi connectivity index (χ1n) is 8.13. The lowest BCUT2D eigenvalue weighted by molar-refractivity contribution is -0.132. The van der Waals surface area contributed by atoms with E-state index in [-0.39, 0.29) is 11.9 Å². The molecule has 7 heteroatoms. The number of urea groups is 1. The Morgan fingerprint density at radius 3 is 2.54 bits per heavy atom. The Balaban J connectivity index is 1.80. The van der Waals surface area contributed by atoms with E-state index in [2.05, 4.69) is 17.1 Å². The molecular formula is C17H21Cl2N3O2. The van der Waals surface area contributed by atoms with Crippen molar-refractivity contribution in [2.45, 2.75) is 32.2 Å². The minimum atomic E-state index is -1.16. The molecule has 0 aliphatic carbocycles. The first-order chi connectivity index (χ1) is 11.3. The van der Waals surface area contributed by atoms with Crippen molar-refractivity contribution in [2.24, 2.45) is 5.92 Å². The molecule has 130 valence electrons. The van der Waals surface area contributed by atoms with Crippen LogP contribution in [-0.4, -0.2) is 41.5 Å². The number of piperidine rings is 1. The summed E-state index contributed by atoms with van der Waals surface area (Å²) < 4.78 is 0. The lowest BCUT2D eigenvalue weighted by atomic mass is 9.92. The third-order valence-corrected chi connectivity index (χ3v) is 5.51. The molecule has 2 heterocycles. The number of amides is 3. The van der Waals surface area contributed by atoms with E-state index < -0.39 is 5.54 Å². The van der Waals surface area contributed by atoms with Crippen LogP contribution in [0.1, 0.15) is 32.3 Å². The van der Waals surface area contributed by atoms with Gasteiger partial charge in [0.1, 0.15) is 5.54 Å². The molecule has 0 radical (unpaired) electrons. The van der Waals surface area contributed by atoms with Crippen LogP contribution in [0.5, 0.6) is 0 Å². The van der Waals surface area contributed by atoms with E-state index in [1.165, 1.54) is 4.90 Å².